The van der Waals surface area contributed by atoms with E-state index in [1.807, 2.05) is 0 Å². The van der Waals surface area contributed by atoms with Crippen LogP contribution in [0.25, 0.3) is 5.57 Å². The zero-order valence-electron chi connectivity index (χ0n) is 16.5. The van der Waals surface area contributed by atoms with Crippen LogP contribution in [-0.4, -0.2) is 6.61 Å². The van der Waals surface area contributed by atoms with Crippen LogP contribution in [0.2, 0.25) is 0 Å². The minimum absolute atomic E-state index is 0.755. The van der Waals surface area contributed by atoms with E-state index in [2.05, 4.69) is 101 Å². The average Bonchev–Trinajstić information content (AvgIpc) is 2.70. The molecule has 1 nitrogen and oxygen atoms in total. The minimum atomic E-state index is 0.755. The van der Waals surface area contributed by atoms with Gasteiger partial charge in [0.2, 0.25) is 0 Å². The summed E-state index contributed by atoms with van der Waals surface area (Å²) in [5, 5.41) is 0. The van der Waals surface area contributed by atoms with E-state index < -0.39 is 0 Å². The Morgan fingerprint density at radius 2 is 1.54 bits per heavy atom. The Hall–Kier alpha value is -2.54. The molecule has 0 aliphatic heterocycles. The fraction of sp³-hybridized carbons (Fsp3) is 0.280. The zero-order chi connectivity index (χ0) is 18.8. The molecular formula is C25H30O. The third-order valence-electron chi connectivity index (χ3n) is 4.34. The molecule has 2 rings (SSSR count). The second-order valence-electron chi connectivity index (χ2n) is 6.19. The summed E-state index contributed by atoms with van der Waals surface area (Å²) in [6.07, 6.45) is 8.49. The molecule has 0 radical (unpaired) electrons. The van der Waals surface area contributed by atoms with Crippen molar-refractivity contribution in [1.82, 2.24) is 0 Å². The van der Waals surface area contributed by atoms with Gasteiger partial charge in [-0.25, -0.2) is 0 Å². The Bertz CT molecular complexity index is 762. The second-order valence-corrected chi connectivity index (χ2v) is 6.19. The third-order valence-corrected chi connectivity index (χ3v) is 4.34. The third kappa shape index (κ3) is 4.98. The van der Waals surface area contributed by atoms with Gasteiger partial charge in [-0.2, -0.15) is 0 Å². The molecule has 0 aliphatic rings. The number of allylic oxidation sites excluding steroid dienone is 5. The first kappa shape index (κ1) is 19.8. The van der Waals surface area contributed by atoms with Crippen LogP contribution >= 0.6 is 0 Å². The molecule has 26 heavy (non-hydrogen) atoms. The van der Waals surface area contributed by atoms with E-state index in [4.69, 9.17) is 4.74 Å². The maximum absolute atomic E-state index is 5.75. The molecule has 0 bridgehead atoms. The van der Waals surface area contributed by atoms with Crippen LogP contribution in [0.5, 0.6) is 5.75 Å². The summed E-state index contributed by atoms with van der Waals surface area (Å²) in [4.78, 5) is 0. The van der Waals surface area contributed by atoms with Gasteiger partial charge in [-0.1, -0.05) is 74.5 Å². The first-order chi connectivity index (χ1) is 12.7. The predicted molar refractivity (Wildman–Crippen MR) is 114 cm³/mol. The van der Waals surface area contributed by atoms with Gasteiger partial charge in [0.15, 0.2) is 0 Å². The lowest BCUT2D eigenvalue weighted by Gasteiger charge is -2.17. The number of rotatable bonds is 8. The van der Waals surface area contributed by atoms with Gasteiger partial charge in [-0.05, 0) is 66.7 Å². The van der Waals surface area contributed by atoms with Gasteiger partial charge in [0, 0.05) is 0 Å². The van der Waals surface area contributed by atoms with E-state index in [-0.39, 0.29) is 0 Å². The predicted octanol–water partition coefficient (Wildman–Crippen LogP) is 7.21. The number of hydrogen-bond acceptors (Lipinski definition) is 1. The fourth-order valence-corrected chi connectivity index (χ4v) is 3.13. The van der Waals surface area contributed by atoms with Crippen molar-refractivity contribution >= 4 is 5.57 Å². The molecule has 2 aromatic rings. The van der Waals surface area contributed by atoms with Crippen molar-refractivity contribution in [3.8, 4) is 5.75 Å². The van der Waals surface area contributed by atoms with Gasteiger partial charge in [-0.15, -0.1) is 0 Å². The molecule has 0 aromatic heterocycles. The van der Waals surface area contributed by atoms with Crippen molar-refractivity contribution in [3.05, 3.63) is 95.1 Å². The lowest BCUT2D eigenvalue weighted by Crippen LogP contribution is -1.98. The molecule has 0 saturated heterocycles. The Labute approximate surface area is 158 Å². The van der Waals surface area contributed by atoms with E-state index in [0.717, 1.165) is 25.2 Å². The average molecular weight is 347 g/mol. The van der Waals surface area contributed by atoms with Gasteiger partial charge in [0.25, 0.3) is 0 Å². The molecule has 2 aromatic carbocycles. The topological polar surface area (TPSA) is 9.23 Å². The lowest BCUT2D eigenvalue weighted by molar-refractivity contribution is 0.317. The quantitative estimate of drug-likeness (QED) is 0.459. The monoisotopic (exact) mass is 346 g/mol. The maximum Gasteiger partial charge on any atom is 0.119 e. The SMILES string of the molecule is C\C=C/C(=C\C)C(/CC)=C(/c1ccccc1)c1ccc(OCCC)cc1. The Kier molecular flexibility index (Phi) is 7.95. The van der Waals surface area contributed by atoms with Crippen molar-refractivity contribution in [2.75, 3.05) is 6.61 Å². The summed E-state index contributed by atoms with van der Waals surface area (Å²) in [5.74, 6) is 0.931. The molecule has 0 atom stereocenters. The van der Waals surface area contributed by atoms with Crippen LogP contribution in [0.3, 0.4) is 0 Å². The van der Waals surface area contributed by atoms with E-state index in [1.54, 1.807) is 0 Å². The van der Waals surface area contributed by atoms with E-state index in [9.17, 15) is 0 Å². The first-order valence-electron chi connectivity index (χ1n) is 9.56. The van der Waals surface area contributed by atoms with Crippen LogP contribution in [0, 0.1) is 0 Å². The zero-order valence-corrected chi connectivity index (χ0v) is 16.5. The summed E-state index contributed by atoms with van der Waals surface area (Å²) < 4.78 is 5.75. The van der Waals surface area contributed by atoms with Gasteiger partial charge in [0.1, 0.15) is 5.75 Å². The normalized spacial score (nSPS) is 13.0. The van der Waals surface area contributed by atoms with E-state index in [1.165, 1.54) is 27.8 Å². The van der Waals surface area contributed by atoms with E-state index >= 15 is 0 Å². The molecule has 0 N–H and O–H groups in total. The van der Waals surface area contributed by atoms with Crippen LogP contribution < -0.4 is 4.74 Å². The largest absolute Gasteiger partial charge is 0.494 e. The Morgan fingerprint density at radius 1 is 0.885 bits per heavy atom. The molecule has 0 unspecified atom stereocenters. The Balaban J connectivity index is 2.59. The highest BCUT2D eigenvalue weighted by Gasteiger charge is 2.13. The summed E-state index contributed by atoms with van der Waals surface area (Å²) >= 11 is 0. The highest BCUT2D eigenvalue weighted by Crippen LogP contribution is 2.33. The Morgan fingerprint density at radius 3 is 2.08 bits per heavy atom. The van der Waals surface area contributed by atoms with Gasteiger partial charge < -0.3 is 4.74 Å². The smallest absolute Gasteiger partial charge is 0.119 e. The number of ether oxygens (including phenoxy) is 1. The standard InChI is InChI=1S/C25H30O/c1-5-12-20(7-3)24(8-4)25(21-13-10-9-11-14-21)22-15-17-23(18-16-22)26-19-6-2/h5,7,9-18H,6,8,19H2,1-4H3/b12-5-,20-7+,25-24-. The highest BCUT2D eigenvalue weighted by molar-refractivity contribution is 5.85. The molecular weight excluding hydrogens is 316 g/mol. The second kappa shape index (κ2) is 10.5. The molecule has 0 fully saturated rings. The summed E-state index contributed by atoms with van der Waals surface area (Å²) in [6, 6.07) is 19.1. The molecule has 0 heterocycles. The highest BCUT2D eigenvalue weighted by atomic mass is 16.5. The molecule has 136 valence electrons. The van der Waals surface area contributed by atoms with Crippen molar-refractivity contribution in [2.45, 2.75) is 40.5 Å². The minimum Gasteiger partial charge on any atom is -0.494 e. The molecule has 0 amide bonds. The van der Waals surface area contributed by atoms with Gasteiger partial charge in [0.05, 0.1) is 6.61 Å². The summed E-state index contributed by atoms with van der Waals surface area (Å²) in [5.41, 5.74) is 6.40. The summed E-state index contributed by atoms with van der Waals surface area (Å²) in [6.45, 7) is 9.28. The number of hydrogen-bond donors (Lipinski definition) is 0. The lowest BCUT2D eigenvalue weighted by atomic mass is 9.88. The fourth-order valence-electron chi connectivity index (χ4n) is 3.13. The number of benzene rings is 2. The van der Waals surface area contributed by atoms with Crippen molar-refractivity contribution < 1.29 is 4.74 Å². The van der Waals surface area contributed by atoms with Gasteiger partial charge in [-0.3, -0.25) is 0 Å². The summed E-state index contributed by atoms with van der Waals surface area (Å²) in [7, 11) is 0. The van der Waals surface area contributed by atoms with Crippen molar-refractivity contribution in [1.29, 1.82) is 0 Å². The molecule has 0 spiro atoms. The molecule has 1 heteroatoms. The molecule has 0 saturated carbocycles. The van der Waals surface area contributed by atoms with Crippen LogP contribution in [0.4, 0.5) is 0 Å². The van der Waals surface area contributed by atoms with Crippen LogP contribution in [0.15, 0.2) is 84.0 Å². The van der Waals surface area contributed by atoms with Crippen molar-refractivity contribution in [3.63, 3.8) is 0 Å². The van der Waals surface area contributed by atoms with E-state index in [0.29, 0.717) is 0 Å². The van der Waals surface area contributed by atoms with Crippen LogP contribution in [-0.2, 0) is 0 Å². The first-order valence-corrected chi connectivity index (χ1v) is 9.56. The van der Waals surface area contributed by atoms with Crippen LogP contribution in [0.1, 0.15) is 51.7 Å². The maximum atomic E-state index is 5.75. The van der Waals surface area contributed by atoms with Gasteiger partial charge >= 0.3 is 0 Å². The van der Waals surface area contributed by atoms with Crippen molar-refractivity contribution in [2.24, 2.45) is 0 Å². The molecule has 0 aliphatic carbocycles.